The van der Waals surface area contributed by atoms with Gasteiger partial charge in [-0.05, 0) is 35.4 Å². The molecule has 3 nitrogen and oxygen atoms in total. The lowest BCUT2D eigenvalue weighted by atomic mass is 10.1. The van der Waals surface area contributed by atoms with Crippen molar-refractivity contribution in [3.05, 3.63) is 84.7 Å². The van der Waals surface area contributed by atoms with Gasteiger partial charge in [-0.25, -0.2) is 0 Å². The van der Waals surface area contributed by atoms with Crippen LogP contribution in [0.5, 0.6) is 5.75 Å². The van der Waals surface area contributed by atoms with Crippen molar-refractivity contribution in [1.29, 1.82) is 0 Å². The number of aromatic nitrogens is 1. The Kier molecular flexibility index (Phi) is 5.38. The summed E-state index contributed by atoms with van der Waals surface area (Å²) < 4.78 is 5.75. The Morgan fingerprint density at radius 1 is 0.783 bits per heavy atom. The molecule has 0 spiro atoms. The molecule has 0 aliphatic heterocycles. The minimum Gasteiger partial charge on any atom is -0.492 e. The second kappa shape index (κ2) is 8.11. The Balaban J connectivity index is 1.42. The Morgan fingerprint density at radius 2 is 1.52 bits per heavy atom. The number of nitrogens with one attached hydrogen (secondary N) is 1. The highest BCUT2D eigenvalue weighted by atomic mass is 16.5. The maximum atomic E-state index is 5.75. The molecule has 0 saturated carbocycles. The van der Waals surface area contributed by atoms with Crippen LogP contribution in [0.2, 0.25) is 0 Å². The Labute approximate surface area is 137 Å². The van der Waals surface area contributed by atoms with Gasteiger partial charge < -0.3 is 10.1 Å². The van der Waals surface area contributed by atoms with Crippen molar-refractivity contribution in [1.82, 2.24) is 10.3 Å². The molecule has 0 bridgehead atoms. The SMILES string of the molecule is c1ccc(-c2ccc(OCCNCc3ccccn3)cc2)cc1. The monoisotopic (exact) mass is 304 g/mol. The van der Waals surface area contributed by atoms with E-state index in [9.17, 15) is 0 Å². The van der Waals surface area contributed by atoms with Crippen LogP contribution in [0.1, 0.15) is 5.69 Å². The number of ether oxygens (including phenoxy) is 1. The maximum Gasteiger partial charge on any atom is 0.119 e. The van der Waals surface area contributed by atoms with Gasteiger partial charge in [0.1, 0.15) is 12.4 Å². The normalized spacial score (nSPS) is 10.4. The van der Waals surface area contributed by atoms with E-state index in [4.69, 9.17) is 4.74 Å². The van der Waals surface area contributed by atoms with Gasteiger partial charge in [-0.15, -0.1) is 0 Å². The smallest absolute Gasteiger partial charge is 0.119 e. The standard InChI is InChI=1S/C20H20N2O/c1-2-6-17(7-3-1)18-9-11-20(12-10-18)23-15-14-21-16-19-8-4-5-13-22-19/h1-13,21H,14-16H2. The minimum absolute atomic E-state index is 0.636. The number of rotatable bonds is 7. The van der Waals surface area contributed by atoms with E-state index in [-0.39, 0.29) is 0 Å². The topological polar surface area (TPSA) is 34.1 Å². The zero-order valence-electron chi connectivity index (χ0n) is 13.0. The van der Waals surface area contributed by atoms with E-state index in [0.717, 1.165) is 24.5 Å². The lowest BCUT2D eigenvalue weighted by Crippen LogP contribution is -2.21. The van der Waals surface area contributed by atoms with Gasteiger partial charge >= 0.3 is 0 Å². The molecule has 0 fully saturated rings. The van der Waals surface area contributed by atoms with Crippen LogP contribution in [-0.4, -0.2) is 18.1 Å². The molecule has 0 radical (unpaired) electrons. The lowest BCUT2D eigenvalue weighted by Gasteiger charge is -2.08. The molecular weight excluding hydrogens is 284 g/mol. The summed E-state index contributed by atoms with van der Waals surface area (Å²) in [7, 11) is 0. The first-order valence-electron chi connectivity index (χ1n) is 7.81. The van der Waals surface area contributed by atoms with Gasteiger partial charge in [-0.3, -0.25) is 4.98 Å². The zero-order chi connectivity index (χ0) is 15.7. The third kappa shape index (κ3) is 4.66. The van der Waals surface area contributed by atoms with Crippen LogP contribution in [0.15, 0.2) is 79.0 Å². The molecule has 1 aromatic heterocycles. The van der Waals surface area contributed by atoms with Crippen LogP contribution in [0.4, 0.5) is 0 Å². The number of benzene rings is 2. The van der Waals surface area contributed by atoms with Crippen LogP contribution in [0.25, 0.3) is 11.1 Å². The first-order valence-corrected chi connectivity index (χ1v) is 7.81. The average Bonchev–Trinajstić information content (AvgIpc) is 2.64. The van der Waals surface area contributed by atoms with E-state index in [0.29, 0.717) is 6.61 Å². The van der Waals surface area contributed by atoms with Gasteiger partial charge in [0.05, 0.1) is 5.69 Å². The van der Waals surface area contributed by atoms with E-state index in [1.807, 2.05) is 54.7 Å². The third-order valence-corrected chi connectivity index (χ3v) is 3.54. The number of pyridine rings is 1. The van der Waals surface area contributed by atoms with Gasteiger partial charge in [0.15, 0.2) is 0 Å². The van der Waals surface area contributed by atoms with Crippen molar-refractivity contribution in [2.75, 3.05) is 13.2 Å². The summed E-state index contributed by atoms with van der Waals surface area (Å²) in [6.45, 7) is 2.19. The van der Waals surface area contributed by atoms with E-state index in [1.54, 1.807) is 0 Å². The second-order valence-electron chi connectivity index (χ2n) is 5.24. The van der Waals surface area contributed by atoms with Gasteiger partial charge in [0, 0.05) is 19.3 Å². The summed E-state index contributed by atoms with van der Waals surface area (Å²) in [5.74, 6) is 0.893. The summed E-state index contributed by atoms with van der Waals surface area (Å²) in [5, 5.41) is 3.32. The molecule has 1 N–H and O–H groups in total. The highest BCUT2D eigenvalue weighted by Crippen LogP contribution is 2.21. The van der Waals surface area contributed by atoms with Crippen LogP contribution < -0.4 is 10.1 Å². The number of nitrogens with zero attached hydrogens (tertiary/aromatic N) is 1. The first-order chi connectivity index (χ1) is 11.4. The summed E-state index contributed by atoms with van der Waals surface area (Å²) in [6, 6.07) is 24.5. The van der Waals surface area contributed by atoms with Gasteiger partial charge in [-0.2, -0.15) is 0 Å². The van der Waals surface area contributed by atoms with E-state index >= 15 is 0 Å². The van der Waals surface area contributed by atoms with Crippen LogP contribution >= 0.6 is 0 Å². The molecule has 2 aromatic carbocycles. The molecule has 1 heterocycles. The Hall–Kier alpha value is -2.65. The van der Waals surface area contributed by atoms with Crippen molar-refractivity contribution in [3.8, 4) is 16.9 Å². The molecule has 23 heavy (non-hydrogen) atoms. The molecule has 0 amide bonds. The molecule has 3 rings (SSSR count). The minimum atomic E-state index is 0.636. The van der Waals surface area contributed by atoms with Gasteiger partial charge in [-0.1, -0.05) is 48.5 Å². The van der Waals surface area contributed by atoms with Gasteiger partial charge in [0.25, 0.3) is 0 Å². The van der Waals surface area contributed by atoms with Crippen LogP contribution in [0, 0.1) is 0 Å². The third-order valence-electron chi connectivity index (χ3n) is 3.54. The van der Waals surface area contributed by atoms with Crippen molar-refractivity contribution in [3.63, 3.8) is 0 Å². The van der Waals surface area contributed by atoms with Crippen LogP contribution in [-0.2, 0) is 6.54 Å². The summed E-state index contributed by atoms with van der Waals surface area (Å²) in [4.78, 5) is 4.27. The fourth-order valence-corrected chi connectivity index (χ4v) is 2.33. The molecular formula is C20H20N2O. The second-order valence-corrected chi connectivity index (χ2v) is 5.24. The predicted molar refractivity (Wildman–Crippen MR) is 93.3 cm³/mol. The highest BCUT2D eigenvalue weighted by molar-refractivity contribution is 5.63. The lowest BCUT2D eigenvalue weighted by molar-refractivity contribution is 0.313. The van der Waals surface area contributed by atoms with Crippen molar-refractivity contribution in [2.24, 2.45) is 0 Å². The fraction of sp³-hybridized carbons (Fsp3) is 0.150. The Morgan fingerprint density at radius 3 is 2.26 bits per heavy atom. The number of hydrogen-bond acceptors (Lipinski definition) is 3. The predicted octanol–water partition coefficient (Wildman–Crippen LogP) is 3.92. The zero-order valence-corrected chi connectivity index (χ0v) is 13.0. The van der Waals surface area contributed by atoms with E-state index in [1.165, 1.54) is 11.1 Å². The molecule has 0 atom stereocenters. The molecule has 0 aliphatic rings. The summed E-state index contributed by atoms with van der Waals surface area (Å²) in [6.07, 6.45) is 1.81. The van der Waals surface area contributed by atoms with Crippen molar-refractivity contribution < 1.29 is 4.74 Å². The quantitative estimate of drug-likeness (QED) is 0.672. The summed E-state index contributed by atoms with van der Waals surface area (Å²) in [5.41, 5.74) is 3.46. The molecule has 116 valence electrons. The van der Waals surface area contributed by atoms with Gasteiger partial charge in [0.2, 0.25) is 0 Å². The fourth-order valence-electron chi connectivity index (χ4n) is 2.33. The van der Waals surface area contributed by atoms with Crippen molar-refractivity contribution in [2.45, 2.75) is 6.54 Å². The highest BCUT2D eigenvalue weighted by Gasteiger charge is 1.98. The molecule has 0 saturated heterocycles. The van der Waals surface area contributed by atoms with E-state index < -0.39 is 0 Å². The average molecular weight is 304 g/mol. The van der Waals surface area contributed by atoms with E-state index in [2.05, 4.69) is 34.6 Å². The molecule has 3 heteroatoms. The van der Waals surface area contributed by atoms with Crippen LogP contribution in [0.3, 0.4) is 0 Å². The molecule has 0 aliphatic carbocycles. The largest absolute Gasteiger partial charge is 0.492 e. The molecule has 3 aromatic rings. The summed E-state index contributed by atoms with van der Waals surface area (Å²) >= 11 is 0. The maximum absolute atomic E-state index is 5.75. The number of hydrogen-bond donors (Lipinski definition) is 1. The molecule has 0 unspecified atom stereocenters. The Bertz CT molecular complexity index is 697. The van der Waals surface area contributed by atoms with Crippen molar-refractivity contribution >= 4 is 0 Å². The first kappa shape index (κ1) is 15.3.